The molecule has 0 unspecified atom stereocenters. The average Bonchev–Trinajstić information content (AvgIpc) is 2.15. The van der Waals surface area contributed by atoms with Gasteiger partial charge in [-0.15, -0.1) is 0 Å². The minimum atomic E-state index is -0.693. The van der Waals surface area contributed by atoms with Crippen molar-refractivity contribution in [3.8, 4) is 0 Å². The van der Waals surface area contributed by atoms with Gasteiger partial charge in [0.15, 0.2) is 5.78 Å². The molecule has 3 heteroatoms. The van der Waals surface area contributed by atoms with Crippen molar-refractivity contribution in [3.05, 3.63) is 41.5 Å². The van der Waals surface area contributed by atoms with E-state index >= 15 is 0 Å². The SMILES string of the molecule is CC(=O)C(=Cc1ccccc1)C(N)=O. The molecule has 72 valence electrons. The van der Waals surface area contributed by atoms with E-state index in [4.69, 9.17) is 5.73 Å². The van der Waals surface area contributed by atoms with Crippen LogP contribution in [0.1, 0.15) is 12.5 Å². The third kappa shape index (κ3) is 2.55. The smallest absolute Gasteiger partial charge is 0.252 e. The molecular weight excluding hydrogens is 178 g/mol. The fourth-order valence-corrected chi connectivity index (χ4v) is 1.06. The Morgan fingerprint density at radius 1 is 1.21 bits per heavy atom. The molecule has 0 saturated carbocycles. The summed E-state index contributed by atoms with van der Waals surface area (Å²) in [6.07, 6.45) is 1.49. The highest BCUT2D eigenvalue weighted by Crippen LogP contribution is 2.06. The van der Waals surface area contributed by atoms with Crippen LogP contribution in [0.2, 0.25) is 0 Å². The van der Waals surface area contributed by atoms with E-state index < -0.39 is 5.91 Å². The Hall–Kier alpha value is -1.90. The maximum absolute atomic E-state index is 11.0. The summed E-state index contributed by atoms with van der Waals surface area (Å²) in [4.78, 5) is 21.9. The second-order valence-electron chi connectivity index (χ2n) is 2.89. The number of rotatable bonds is 3. The molecule has 0 aliphatic rings. The molecule has 1 amide bonds. The Kier molecular flexibility index (Phi) is 3.18. The van der Waals surface area contributed by atoms with Crippen LogP contribution >= 0.6 is 0 Å². The van der Waals surface area contributed by atoms with Gasteiger partial charge in [0.1, 0.15) is 0 Å². The van der Waals surface area contributed by atoms with Crippen molar-refractivity contribution in [2.45, 2.75) is 6.92 Å². The highest BCUT2D eigenvalue weighted by molar-refractivity contribution is 6.21. The van der Waals surface area contributed by atoms with Crippen LogP contribution in [-0.4, -0.2) is 11.7 Å². The van der Waals surface area contributed by atoms with Gasteiger partial charge in [-0.1, -0.05) is 30.3 Å². The Morgan fingerprint density at radius 2 is 1.79 bits per heavy atom. The summed E-state index contributed by atoms with van der Waals surface area (Å²) in [5.41, 5.74) is 5.87. The quantitative estimate of drug-likeness (QED) is 0.440. The number of nitrogens with two attached hydrogens (primary N) is 1. The predicted octanol–water partition coefficient (Wildman–Crippen LogP) is 1.14. The monoisotopic (exact) mass is 189 g/mol. The maximum Gasteiger partial charge on any atom is 0.252 e. The summed E-state index contributed by atoms with van der Waals surface area (Å²) < 4.78 is 0. The van der Waals surface area contributed by atoms with Gasteiger partial charge in [0.25, 0.3) is 5.91 Å². The lowest BCUT2D eigenvalue weighted by Gasteiger charge is -1.97. The van der Waals surface area contributed by atoms with Crippen molar-refractivity contribution in [3.63, 3.8) is 0 Å². The van der Waals surface area contributed by atoms with E-state index in [9.17, 15) is 9.59 Å². The lowest BCUT2D eigenvalue weighted by molar-refractivity contribution is -0.119. The minimum absolute atomic E-state index is 0.0243. The van der Waals surface area contributed by atoms with E-state index in [0.717, 1.165) is 5.56 Å². The predicted molar refractivity (Wildman–Crippen MR) is 54.3 cm³/mol. The highest BCUT2D eigenvalue weighted by atomic mass is 16.2. The van der Waals surface area contributed by atoms with Crippen LogP contribution in [0.3, 0.4) is 0 Å². The number of carbonyl (C=O) groups is 2. The molecule has 2 N–H and O–H groups in total. The summed E-state index contributed by atoms with van der Waals surface area (Å²) in [5, 5.41) is 0. The van der Waals surface area contributed by atoms with Crippen molar-refractivity contribution in [2.75, 3.05) is 0 Å². The minimum Gasteiger partial charge on any atom is -0.365 e. The van der Waals surface area contributed by atoms with Crippen LogP contribution in [0, 0.1) is 0 Å². The molecule has 14 heavy (non-hydrogen) atoms. The molecular formula is C11H11NO2. The Bertz CT molecular complexity index is 364. The van der Waals surface area contributed by atoms with E-state index in [1.165, 1.54) is 13.0 Å². The number of ketones is 1. The van der Waals surface area contributed by atoms with Gasteiger partial charge < -0.3 is 5.73 Å². The molecule has 0 heterocycles. The molecule has 1 aromatic carbocycles. The molecule has 0 aliphatic carbocycles. The summed E-state index contributed by atoms with van der Waals surface area (Å²) in [6.45, 7) is 1.32. The second-order valence-corrected chi connectivity index (χ2v) is 2.89. The lowest BCUT2D eigenvalue weighted by Crippen LogP contribution is -2.18. The van der Waals surface area contributed by atoms with Crippen molar-refractivity contribution in [2.24, 2.45) is 5.73 Å². The molecule has 0 saturated heterocycles. The molecule has 0 fully saturated rings. The first-order valence-electron chi connectivity index (χ1n) is 4.18. The number of Topliss-reactive ketones (excluding diaryl/α,β-unsaturated/α-hetero) is 1. The first kappa shape index (κ1) is 10.2. The van der Waals surface area contributed by atoms with E-state index in [1.807, 2.05) is 18.2 Å². The summed E-state index contributed by atoms with van der Waals surface area (Å²) >= 11 is 0. The fraction of sp³-hybridized carbons (Fsp3) is 0.0909. The van der Waals surface area contributed by atoms with Gasteiger partial charge in [0, 0.05) is 0 Å². The van der Waals surface area contributed by atoms with Gasteiger partial charge in [-0.05, 0) is 18.6 Å². The zero-order valence-corrected chi connectivity index (χ0v) is 7.86. The zero-order chi connectivity index (χ0) is 10.6. The van der Waals surface area contributed by atoms with Crippen LogP contribution in [0.4, 0.5) is 0 Å². The standard InChI is InChI=1S/C11H11NO2/c1-8(13)10(11(12)14)7-9-5-3-2-4-6-9/h2-7H,1H3,(H2,12,14). The number of benzene rings is 1. The largest absolute Gasteiger partial charge is 0.365 e. The van der Waals surface area contributed by atoms with Gasteiger partial charge in [-0.2, -0.15) is 0 Å². The van der Waals surface area contributed by atoms with Crippen molar-refractivity contribution in [1.82, 2.24) is 0 Å². The number of carbonyl (C=O) groups excluding carboxylic acids is 2. The Balaban J connectivity index is 3.06. The maximum atomic E-state index is 11.0. The van der Waals surface area contributed by atoms with E-state index in [-0.39, 0.29) is 11.4 Å². The van der Waals surface area contributed by atoms with Gasteiger partial charge in [0.2, 0.25) is 0 Å². The van der Waals surface area contributed by atoms with Crippen LogP contribution in [0.15, 0.2) is 35.9 Å². The molecule has 0 spiro atoms. The van der Waals surface area contributed by atoms with Gasteiger partial charge in [-0.3, -0.25) is 9.59 Å². The number of amides is 1. The summed E-state index contributed by atoms with van der Waals surface area (Å²) in [6, 6.07) is 9.10. The first-order valence-corrected chi connectivity index (χ1v) is 4.18. The van der Waals surface area contributed by atoms with Crippen LogP contribution in [0.5, 0.6) is 0 Å². The lowest BCUT2D eigenvalue weighted by atomic mass is 10.1. The van der Waals surface area contributed by atoms with Crippen LogP contribution in [-0.2, 0) is 9.59 Å². The third-order valence-electron chi connectivity index (χ3n) is 1.76. The first-order chi connectivity index (χ1) is 6.61. The van der Waals surface area contributed by atoms with Gasteiger partial charge in [-0.25, -0.2) is 0 Å². The van der Waals surface area contributed by atoms with E-state index in [1.54, 1.807) is 12.1 Å². The summed E-state index contributed by atoms with van der Waals surface area (Å²) in [7, 11) is 0. The van der Waals surface area contributed by atoms with Gasteiger partial charge in [0.05, 0.1) is 5.57 Å². The fourth-order valence-electron chi connectivity index (χ4n) is 1.06. The number of hydrogen-bond donors (Lipinski definition) is 1. The van der Waals surface area contributed by atoms with Crippen LogP contribution in [0.25, 0.3) is 6.08 Å². The number of primary amides is 1. The van der Waals surface area contributed by atoms with Gasteiger partial charge >= 0.3 is 0 Å². The summed E-state index contributed by atoms with van der Waals surface area (Å²) in [5.74, 6) is -1.01. The Labute approximate surface area is 82.2 Å². The molecule has 3 nitrogen and oxygen atoms in total. The Morgan fingerprint density at radius 3 is 2.21 bits per heavy atom. The average molecular weight is 189 g/mol. The molecule has 0 aromatic heterocycles. The molecule has 1 rings (SSSR count). The molecule has 1 aromatic rings. The molecule has 0 radical (unpaired) electrons. The molecule has 0 aliphatic heterocycles. The van der Waals surface area contributed by atoms with Crippen molar-refractivity contribution >= 4 is 17.8 Å². The highest BCUT2D eigenvalue weighted by Gasteiger charge is 2.09. The molecule has 0 atom stereocenters. The van der Waals surface area contributed by atoms with Crippen molar-refractivity contribution < 1.29 is 9.59 Å². The second kappa shape index (κ2) is 4.37. The normalized spacial score (nSPS) is 11.1. The van der Waals surface area contributed by atoms with E-state index in [0.29, 0.717) is 0 Å². The zero-order valence-electron chi connectivity index (χ0n) is 7.86. The molecule has 0 bridgehead atoms. The topological polar surface area (TPSA) is 60.2 Å². The van der Waals surface area contributed by atoms with Crippen molar-refractivity contribution in [1.29, 1.82) is 0 Å². The van der Waals surface area contributed by atoms with E-state index in [2.05, 4.69) is 0 Å². The third-order valence-corrected chi connectivity index (χ3v) is 1.76. The van der Waals surface area contributed by atoms with Crippen LogP contribution < -0.4 is 5.73 Å². The number of hydrogen-bond acceptors (Lipinski definition) is 2.